The third-order valence-corrected chi connectivity index (χ3v) is 4.88. The zero-order valence-corrected chi connectivity index (χ0v) is 14.4. The number of rotatable bonds is 4. The van der Waals surface area contributed by atoms with Crippen LogP contribution in [0.25, 0.3) is 0 Å². The molecule has 116 valence electrons. The Labute approximate surface area is 140 Å². The number of aryl methyl sites for hydroxylation is 1. The van der Waals surface area contributed by atoms with Crippen molar-refractivity contribution in [2.24, 2.45) is 0 Å². The normalized spacial score (nSPS) is 17.2. The first kappa shape index (κ1) is 15.5. The molecule has 4 heteroatoms. The predicted octanol–water partition coefficient (Wildman–Crippen LogP) is 4.31. The van der Waals surface area contributed by atoms with Gasteiger partial charge in [-0.2, -0.15) is 0 Å². The molecular formula is C18H21BrN2O. The minimum Gasteiger partial charge on any atom is -0.381 e. The molecule has 0 unspecified atom stereocenters. The summed E-state index contributed by atoms with van der Waals surface area (Å²) in [6.45, 7) is 4.53. The summed E-state index contributed by atoms with van der Waals surface area (Å²) < 4.78 is 6.72. The molecule has 0 bridgehead atoms. The molecule has 1 aliphatic heterocycles. The topological polar surface area (TPSA) is 34.1 Å². The van der Waals surface area contributed by atoms with Gasteiger partial charge in [-0.25, -0.2) is 4.98 Å². The van der Waals surface area contributed by atoms with Crippen molar-refractivity contribution in [1.82, 2.24) is 4.98 Å². The second kappa shape index (κ2) is 6.80. The molecule has 3 nitrogen and oxygen atoms in total. The van der Waals surface area contributed by atoms with Gasteiger partial charge in [0.05, 0.1) is 0 Å². The Bertz CT molecular complexity index is 638. The van der Waals surface area contributed by atoms with Crippen LogP contribution >= 0.6 is 15.9 Å². The van der Waals surface area contributed by atoms with Gasteiger partial charge in [0.25, 0.3) is 0 Å². The summed E-state index contributed by atoms with van der Waals surface area (Å²) in [5.74, 6) is 0.945. The molecule has 0 amide bonds. The fourth-order valence-corrected chi connectivity index (χ4v) is 3.45. The first-order chi connectivity index (χ1) is 10.7. The quantitative estimate of drug-likeness (QED) is 0.881. The first-order valence-electron chi connectivity index (χ1n) is 7.69. The smallest absolute Gasteiger partial charge is 0.126 e. The van der Waals surface area contributed by atoms with Crippen LogP contribution in [0, 0.1) is 6.92 Å². The molecular weight excluding hydrogens is 340 g/mol. The summed E-state index contributed by atoms with van der Waals surface area (Å²) in [5, 5.41) is 3.53. The third-order valence-electron chi connectivity index (χ3n) is 4.38. The molecule has 0 radical (unpaired) electrons. The third kappa shape index (κ3) is 3.50. The number of halogens is 1. The van der Waals surface area contributed by atoms with Crippen molar-refractivity contribution in [3.8, 4) is 0 Å². The lowest BCUT2D eigenvalue weighted by molar-refractivity contribution is 0.0543. The summed E-state index contributed by atoms with van der Waals surface area (Å²) >= 11 is 3.59. The average Bonchev–Trinajstić information content (AvgIpc) is 2.54. The van der Waals surface area contributed by atoms with E-state index in [-0.39, 0.29) is 5.41 Å². The number of pyridine rings is 1. The number of ether oxygens (including phenoxy) is 1. The van der Waals surface area contributed by atoms with Crippen molar-refractivity contribution in [1.29, 1.82) is 0 Å². The van der Waals surface area contributed by atoms with Crippen LogP contribution in [-0.2, 0) is 10.2 Å². The predicted molar refractivity (Wildman–Crippen MR) is 93.3 cm³/mol. The SMILES string of the molecule is Cc1cccc(NCC2(c3cccc(Br)c3)CCOCC2)n1. The highest BCUT2D eigenvalue weighted by molar-refractivity contribution is 9.10. The standard InChI is InChI=1S/C18H21BrN2O/c1-14-4-2-7-17(21-14)20-13-18(8-10-22-11-9-18)15-5-3-6-16(19)12-15/h2-7,12H,8-11,13H2,1H3,(H,20,21). The Morgan fingerprint density at radius 1 is 1.18 bits per heavy atom. The molecule has 0 atom stereocenters. The molecule has 0 saturated carbocycles. The summed E-state index contributed by atoms with van der Waals surface area (Å²) in [7, 11) is 0. The maximum absolute atomic E-state index is 5.59. The number of benzene rings is 1. The van der Waals surface area contributed by atoms with E-state index in [0.29, 0.717) is 0 Å². The van der Waals surface area contributed by atoms with Crippen LogP contribution < -0.4 is 5.32 Å². The van der Waals surface area contributed by atoms with E-state index >= 15 is 0 Å². The molecule has 2 heterocycles. The van der Waals surface area contributed by atoms with Crippen LogP contribution in [0.5, 0.6) is 0 Å². The van der Waals surface area contributed by atoms with Gasteiger partial charge in [0.2, 0.25) is 0 Å². The number of hydrogen-bond donors (Lipinski definition) is 1. The lowest BCUT2D eigenvalue weighted by Gasteiger charge is -2.38. The summed E-state index contributed by atoms with van der Waals surface area (Å²) in [6, 6.07) is 14.7. The van der Waals surface area contributed by atoms with Crippen molar-refractivity contribution in [3.63, 3.8) is 0 Å². The maximum Gasteiger partial charge on any atom is 0.126 e. The molecule has 1 saturated heterocycles. The minimum absolute atomic E-state index is 0.105. The van der Waals surface area contributed by atoms with E-state index in [1.165, 1.54) is 5.56 Å². The molecule has 1 aromatic heterocycles. The van der Waals surface area contributed by atoms with Crippen LogP contribution in [0.15, 0.2) is 46.9 Å². The van der Waals surface area contributed by atoms with Gasteiger partial charge in [0.1, 0.15) is 5.82 Å². The van der Waals surface area contributed by atoms with Crippen molar-refractivity contribution in [3.05, 3.63) is 58.2 Å². The second-order valence-corrected chi connectivity index (χ2v) is 6.84. The number of hydrogen-bond acceptors (Lipinski definition) is 3. The highest BCUT2D eigenvalue weighted by Crippen LogP contribution is 2.36. The van der Waals surface area contributed by atoms with Gasteiger partial charge in [-0.3, -0.25) is 0 Å². The van der Waals surface area contributed by atoms with Crippen LogP contribution in [0.1, 0.15) is 24.1 Å². The van der Waals surface area contributed by atoms with Crippen LogP contribution in [0.4, 0.5) is 5.82 Å². The highest BCUT2D eigenvalue weighted by Gasteiger charge is 2.34. The number of anilines is 1. The van der Waals surface area contributed by atoms with Gasteiger partial charge in [0.15, 0.2) is 0 Å². The first-order valence-corrected chi connectivity index (χ1v) is 8.49. The number of nitrogens with zero attached hydrogens (tertiary/aromatic N) is 1. The molecule has 1 aromatic carbocycles. The van der Waals surface area contributed by atoms with Crippen molar-refractivity contribution < 1.29 is 4.74 Å². The van der Waals surface area contributed by atoms with Gasteiger partial charge in [-0.05, 0) is 49.6 Å². The highest BCUT2D eigenvalue weighted by atomic mass is 79.9. The van der Waals surface area contributed by atoms with Gasteiger partial charge < -0.3 is 10.1 Å². The Hall–Kier alpha value is -1.39. The Morgan fingerprint density at radius 3 is 2.68 bits per heavy atom. The van der Waals surface area contributed by atoms with Crippen LogP contribution in [-0.4, -0.2) is 24.7 Å². The van der Waals surface area contributed by atoms with Gasteiger partial charge in [0, 0.05) is 35.3 Å². The van der Waals surface area contributed by atoms with Crippen molar-refractivity contribution in [2.45, 2.75) is 25.2 Å². The molecule has 1 fully saturated rings. The van der Waals surface area contributed by atoms with Crippen LogP contribution in [0.3, 0.4) is 0 Å². The summed E-state index contributed by atoms with van der Waals surface area (Å²) in [4.78, 5) is 4.55. The van der Waals surface area contributed by atoms with E-state index in [9.17, 15) is 0 Å². The van der Waals surface area contributed by atoms with Crippen molar-refractivity contribution in [2.75, 3.05) is 25.1 Å². The van der Waals surface area contributed by atoms with E-state index in [1.807, 2.05) is 25.1 Å². The fourth-order valence-electron chi connectivity index (χ4n) is 3.05. The van der Waals surface area contributed by atoms with E-state index < -0.39 is 0 Å². The molecule has 0 aliphatic carbocycles. The molecule has 22 heavy (non-hydrogen) atoms. The largest absolute Gasteiger partial charge is 0.381 e. The number of aromatic nitrogens is 1. The molecule has 3 rings (SSSR count). The van der Waals surface area contributed by atoms with E-state index in [4.69, 9.17) is 4.74 Å². The van der Waals surface area contributed by atoms with E-state index in [2.05, 4.69) is 50.5 Å². The van der Waals surface area contributed by atoms with E-state index in [0.717, 1.165) is 48.6 Å². The lowest BCUT2D eigenvalue weighted by atomic mass is 9.74. The Kier molecular flexibility index (Phi) is 4.79. The monoisotopic (exact) mass is 360 g/mol. The maximum atomic E-state index is 5.59. The molecule has 1 N–H and O–H groups in total. The Morgan fingerprint density at radius 2 is 1.95 bits per heavy atom. The second-order valence-electron chi connectivity index (χ2n) is 5.92. The fraction of sp³-hybridized carbons (Fsp3) is 0.389. The lowest BCUT2D eigenvalue weighted by Crippen LogP contribution is -2.40. The molecule has 0 spiro atoms. The van der Waals surface area contributed by atoms with Crippen molar-refractivity contribution >= 4 is 21.7 Å². The zero-order chi connectivity index (χ0) is 15.4. The zero-order valence-electron chi connectivity index (χ0n) is 12.8. The van der Waals surface area contributed by atoms with Crippen LogP contribution in [0.2, 0.25) is 0 Å². The molecule has 1 aliphatic rings. The van der Waals surface area contributed by atoms with Gasteiger partial charge in [-0.15, -0.1) is 0 Å². The Balaban J connectivity index is 1.83. The van der Waals surface area contributed by atoms with Gasteiger partial charge in [-0.1, -0.05) is 34.1 Å². The summed E-state index contributed by atoms with van der Waals surface area (Å²) in [6.07, 6.45) is 2.06. The number of nitrogens with one attached hydrogen (secondary N) is 1. The van der Waals surface area contributed by atoms with E-state index in [1.54, 1.807) is 0 Å². The molecule has 2 aromatic rings. The minimum atomic E-state index is 0.105. The average molecular weight is 361 g/mol. The van der Waals surface area contributed by atoms with Gasteiger partial charge >= 0.3 is 0 Å². The summed E-state index contributed by atoms with van der Waals surface area (Å²) in [5.41, 5.74) is 2.51.